The maximum atomic E-state index is 7.33. The third-order valence-corrected chi connectivity index (χ3v) is 0. The zero-order chi connectivity index (χ0) is 9.00. The Hall–Kier alpha value is 0.802. The predicted molar refractivity (Wildman–Crippen MR) is 29.3 cm³/mol. The summed E-state index contributed by atoms with van der Waals surface area (Å²) in [6.45, 7) is 0. The van der Waals surface area contributed by atoms with E-state index in [0.717, 1.165) is 0 Å². The molecular weight excluding hydrogens is 368 g/mol. The van der Waals surface area contributed by atoms with Gasteiger partial charge in [-0.15, -0.1) is 0 Å². The summed E-state index contributed by atoms with van der Waals surface area (Å²) < 4.78 is 0. The zero-order valence-electron chi connectivity index (χ0n) is 4.99. The van der Waals surface area contributed by atoms with Crippen LogP contribution in [0, 0.1) is 0 Å². The molecule has 0 aromatic carbocycles. The van der Waals surface area contributed by atoms with E-state index in [9.17, 15) is 0 Å². The minimum absolute atomic E-state index is 0. The first-order chi connectivity index (χ1) is 4.00. The Morgan fingerprint density at radius 1 is 0.455 bits per heavy atom. The van der Waals surface area contributed by atoms with Crippen molar-refractivity contribution in [3.05, 3.63) is 0 Å². The van der Waals surface area contributed by atoms with E-state index in [2.05, 4.69) is 0 Å². The van der Waals surface area contributed by atoms with Crippen molar-refractivity contribution in [2.24, 2.45) is 0 Å². The molecule has 0 radical (unpaired) electrons. The molecule has 11 heavy (non-hydrogen) atoms. The molecule has 0 saturated carbocycles. The molecule has 0 spiro atoms. The minimum atomic E-state index is -4.61. The van der Waals surface area contributed by atoms with Crippen molar-refractivity contribution < 1.29 is 59.4 Å². The van der Waals surface area contributed by atoms with Crippen LogP contribution < -0.4 is 0 Å². The van der Waals surface area contributed by atoms with E-state index in [4.69, 9.17) is 38.4 Å². The van der Waals surface area contributed by atoms with Gasteiger partial charge in [0.1, 0.15) is 0 Å². The molecular formula is H8O8Si2W. The van der Waals surface area contributed by atoms with E-state index < -0.39 is 18.1 Å². The second kappa shape index (κ2) is 6.33. The van der Waals surface area contributed by atoms with Crippen molar-refractivity contribution in [2.75, 3.05) is 0 Å². The Balaban J connectivity index is -0.000000107. The second-order valence-electron chi connectivity index (χ2n) is 1.20. The average molecular weight is 376 g/mol. The Morgan fingerprint density at radius 3 is 0.455 bits per heavy atom. The van der Waals surface area contributed by atoms with E-state index >= 15 is 0 Å². The van der Waals surface area contributed by atoms with E-state index in [1.54, 1.807) is 0 Å². The molecule has 0 aromatic heterocycles. The van der Waals surface area contributed by atoms with Crippen molar-refractivity contribution in [3.63, 3.8) is 0 Å². The summed E-state index contributed by atoms with van der Waals surface area (Å²) in [5.74, 6) is 0. The molecule has 8 nitrogen and oxygen atoms in total. The van der Waals surface area contributed by atoms with Crippen LogP contribution in [0.3, 0.4) is 0 Å². The van der Waals surface area contributed by atoms with Gasteiger partial charge in [-0.3, -0.25) is 0 Å². The fraction of sp³-hybridized carbons (Fsp3) is 0. The van der Waals surface area contributed by atoms with Crippen molar-refractivity contribution >= 4 is 18.1 Å². The van der Waals surface area contributed by atoms with Gasteiger partial charge in [0.15, 0.2) is 0 Å². The summed E-state index contributed by atoms with van der Waals surface area (Å²) in [6.07, 6.45) is 0. The van der Waals surface area contributed by atoms with Crippen molar-refractivity contribution in [1.29, 1.82) is 0 Å². The average Bonchev–Trinajstić information content (AvgIpc) is 1.12. The first-order valence-electron chi connectivity index (χ1n) is 1.79. The molecule has 0 aliphatic rings. The van der Waals surface area contributed by atoms with Gasteiger partial charge in [0.2, 0.25) is 0 Å². The summed E-state index contributed by atoms with van der Waals surface area (Å²) in [5.41, 5.74) is 0. The van der Waals surface area contributed by atoms with Crippen LogP contribution in [0.2, 0.25) is 0 Å². The van der Waals surface area contributed by atoms with Gasteiger partial charge < -0.3 is 38.4 Å². The van der Waals surface area contributed by atoms with E-state index in [1.165, 1.54) is 0 Å². The Labute approximate surface area is 77.9 Å². The minimum Gasteiger partial charge on any atom is -0.368 e. The normalized spacial score (nSPS) is 10.9. The maximum absolute atomic E-state index is 7.33. The first-order valence-corrected chi connectivity index (χ1v) is 5.37. The number of rotatable bonds is 0. The van der Waals surface area contributed by atoms with Crippen LogP contribution in [0.4, 0.5) is 0 Å². The Bertz CT molecular complexity index is 55.1. The molecule has 11 heteroatoms. The quantitative estimate of drug-likeness (QED) is 0.195. The molecule has 0 amide bonds. The van der Waals surface area contributed by atoms with Gasteiger partial charge in [-0.25, -0.2) is 0 Å². The van der Waals surface area contributed by atoms with Gasteiger partial charge >= 0.3 is 18.1 Å². The molecule has 0 bridgehead atoms. The fourth-order valence-corrected chi connectivity index (χ4v) is 0. The third-order valence-electron chi connectivity index (χ3n) is 0. The van der Waals surface area contributed by atoms with Crippen LogP contribution in [0.1, 0.15) is 0 Å². The molecule has 0 atom stereocenters. The summed E-state index contributed by atoms with van der Waals surface area (Å²) in [4.78, 5) is 58.6. The van der Waals surface area contributed by atoms with Gasteiger partial charge in [0.25, 0.3) is 0 Å². The molecule has 0 unspecified atom stereocenters. The first kappa shape index (κ1) is 17.8. The Morgan fingerprint density at radius 2 is 0.455 bits per heavy atom. The standard InChI is InChI=1S/2H4O4Si.W/c2*1-5(2,3)4;/h2*1-4H;. The third kappa shape index (κ3) is 1300. The molecule has 0 aliphatic heterocycles. The summed E-state index contributed by atoms with van der Waals surface area (Å²) in [5, 5.41) is 0. The van der Waals surface area contributed by atoms with Crippen LogP contribution in [0.25, 0.3) is 0 Å². The van der Waals surface area contributed by atoms with Crippen LogP contribution in [0.5, 0.6) is 0 Å². The summed E-state index contributed by atoms with van der Waals surface area (Å²) >= 11 is 0. The number of hydrogen-bond donors (Lipinski definition) is 8. The SMILES string of the molecule is O[Si](O)(O)O.O[Si](O)(O)O.[W]. The molecule has 0 heterocycles. The van der Waals surface area contributed by atoms with Crippen molar-refractivity contribution in [3.8, 4) is 0 Å². The van der Waals surface area contributed by atoms with Crippen molar-refractivity contribution in [1.82, 2.24) is 0 Å². The van der Waals surface area contributed by atoms with Crippen LogP contribution in [0.15, 0.2) is 0 Å². The molecule has 70 valence electrons. The van der Waals surface area contributed by atoms with Gasteiger partial charge in [-0.2, -0.15) is 0 Å². The van der Waals surface area contributed by atoms with Gasteiger partial charge in [0.05, 0.1) is 0 Å². The van der Waals surface area contributed by atoms with Gasteiger partial charge in [-0.1, -0.05) is 0 Å². The zero-order valence-corrected chi connectivity index (χ0v) is 9.92. The van der Waals surface area contributed by atoms with Crippen molar-refractivity contribution in [2.45, 2.75) is 0 Å². The van der Waals surface area contributed by atoms with Crippen LogP contribution in [-0.2, 0) is 21.1 Å². The molecule has 0 aromatic rings. The summed E-state index contributed by atoms with van der Waals surface area (Å²) in [6, 6.07) is 0. The molecule has 0 aliphatic carbocycles. The van der Waals surface area contributed by atoms with Crippen LogP contribution in [-0.4, -0.2) is 56.5 Å². The Kier molecular flexibility index (Phi) is 10.2. The fourth-order valence-electron chi connectivity index (χ4n) is 0. The van der Waals surface area contributed by atoms with Gasteiger partial charge in [-0.05, 0) is 0 Å². The summed E-state index contributed by atoms with van der Waals surface area (Å²) in [7, 11) is -9.22. The monoisotopic (exact) mass is 376 g/mol. The van der Waals surface area contributed by atoms with E-state index in [0.29, 0.717) is 0 Å². The molecule has 0 rings (SSSR count). The van der Waals surface area contributed by atoms with E-state index in [-0.39, 0.29) is 21.1 Å². The van der Waals surface area contributed by atoms with Gasteiger partial charge in [0, 0.05) is 21.1 Å². The largest absolute Gasteiger partial charge is 0.668 e. The maximum Gasteiger partial charge on any atom is 0.668 e. The molecule has 8 N–H and O–H groups in total. The predicted octanol–water partition coefficient (Wildman–Crippen LogP) is -5.22. The van der Waals surface area contributed by atoms with Crippen LogP contribution >= 0.6 is 0 Å². The molecule has 0 saturated heterocycles. The molecule has 0 fully saturated rings. The topological polar surface area (TPSA) is 162 Å². The smallest absolute Gasteiger partial charge is 0.368 e. The second-order valence-corrected chi connectivity index (χ2v) is 3.60. The van der Waals surface area contributed by atoms with E-state index in [1.807, 2.05) is 0 Å². The number of hydrogen-bond acceptors (Lipinski definition) is 8.